The van der Waals surface area contributed by atoms with Crippen LogP contribution in [0.15, 0.2) is 65.9 Å². The van der Waals surface area contributed by atoms with Gasteiger partial charge in [0.05, 0.1) is 41.7 Å². The number of urea groups is 1. The minimum Gasteiger partial charge on any atom is -0.493 e. The maximum atomic E-state index is 15.2. The van der Waals surface area contributed by atoms with Gasteiger partial charge in [-0.2, -0.15) is 23.3 Å². The van der Waals surface area contributed by atoms with E-state index in [0.717, 1.165) is 50.5 Å². The van der Waals surface area contributed by atoms with E-state index in [9.17, 15) is 18.0 Å². The zero-order chi connectivity index (χ0) is 33.6. The van der Waals surface area contributed by atoms with Gasteiger partial charge in [-0.3, -0.25) is 4.98 Å². The Balaban J connectivity index is 1.30. The first-order valence-corrected chi connectivity index (χ1v) is 15.2. The number of primary amides is 1. The van der Waals surface area contributed by atoms with E-state index in [1.54, 1.807) is 18.2 Å². The molecule has 2 amide bonds. The van der Waals surface area contributed by atoms with E-state index >= 15 is 4.39 Å². The summed E-state index contributed by atoms with van der Waals surface area (Å²) in [5.74, 6) is 0.439. The summed E-state index contributed by atoms with van der Waals surface area (Å²) in [5.41, 5.74) is 4.63. The molecule has 5 rings (SSSR count). The maximum absolute atomic E-state index is 15.2. The monoisotopic (exact) mass is 673 g/mol. The van der Waals surface area contributed by atoms with Crippen molar-refractivity contribution in [2.24, 2.45) is 10.8 Å². The second-order valence-corrected chi connectivity index (χ2v) is 11.2. The summed E-state index contributed by atoms with van der Waals surface area (Å²) < 4.78 is 72.6. The molecule has 0 aliphatic carbocycles. The molecule has 0 spiro atoms. The number of piperidine rings is 1. The van der Waals surface area contributed by atoms with Crippen LogP contribution in [0, 0.1) is 5.82 Å². The number of nitrogens with zero attached hydrogens (tertiary/aromatic N) is 4. The summed E-state index contributed by atoms with van der Waals surface area (Å²) in [6, 6.07) is 10.5. The zero-order valence-electron chi connectivity index (χ0n) is 25.4. The number of fused-ring (bicyclic) bond motifs is 1. The van der Waals surface area contributed by atoms with E-state index in [-0.39, 0.29) is 17.0 Å². The lowest BCUT2D eigenvalue weighted by Gasteiger charge is -2.26. The van der Waals surface area contributed by atoms with Crippen LogP contribution in [0.2, 0.25) is 5.02 Å². The Bertz CT molecular complexity index is 1770. The number of nitrogens with two attached hydrogens (primary N) is 1. The highest BCUT2D eigenvalue weighted by molar-refractivity contribution is 6.31. The summed E-state index contributed by atoms with van der Waals surface area (Å²) in [5, 5.41) is 4.42. The second-order valence-electron chi connectivity index (χ2n) is 10.8. The average Bonchev–Trinajstić information content (AvgIpc) is 3.04. The smallest absolute Gasteiger partial charge is 0.417 e. The van der Waals surface area contributed by atoms with Gasteiger partial charge in [-0.05, 0) is 86.4 Å². The van der Waals surface area contributed by atoms with Gasteiger partial charge in [-0.1, -0.05) is 18.0 Å². The van der Waals surface area contributed by atoms with E-state index in [4.69, 9.17) is 31.5 Å². The lowest BCUT2D eigenvalue weighted by molar-refractivity contribution is -0.137. The van der Waals surface area contributed by atoms with Crippen molar-refractivity contribution >= 4 is 40.4 Å². The van der Waals surface area contributed by atoms with Gasteiger partial charge in [0.15, 0.2) is 23.1 Å². The molecule has 0 unspecified atom stereocenters. The van der Waals surface area contributed by atoms with Crippen molar-refractivity contribution in [2.45, 2.75) is 31.9 Å². The van der Waals surface area contributed by atoms with Crippen LogP contribution in [0.25, 0.3) is 10.9 Å². The van der Waals surface area contributed by atoms with Crippen molar-refractivity contribution in [1.29, 1.82) is 0 Å². The third-order valence-corrected chi connectivity index (χ3v) is 7.85. The van der Waals surface area contributed by atoms with E-state index in [2.05, 4.69) is 15.0 Å². The van der Waals surface area contributed by atoms with E-state index in [1.165, 1.54) is 44.7 Å². The Hall–Kier alpha value is -4.62. The number of benzene rings is 3. The van der Waals surface area contributed by atoms with Crippen molar-refractivity contribution in [1.82, 2.24) is 9.88 Å². The largest absolute Gasteiger partial charge is 0.493 e. The number of rotatable bonds is 11. The van der Waals surface area contributed by atoms with Gasteiger partial charge in [0.2, 0.25) is 0 Å². The Labute approximate surface area is 273 Å². The van der Waals surface area contributed by atoms with Gasteiger partial charge in [0.1, 0.15) is 5.75 Å². The number of ether oxygens (including phenoxy) is 3. The number of anilines is 1. The van der Waals surface area contributed by atoms with Crippen molar-refractivity contribution in [3.05, 3.63) is 82.8 Å². The number of alkyl halides is 3. The average molecular weight is 674 g/mol. The number of hydrazone groups is 1. The zero-order valence-corrected chi connectivity index (χ0v) is 26.2. The lowest BCUT2D eigenvalue weighted by atomic mass is 10.1. The molecule has 2 heterocycles. The highest BCUT2D eigenvalue weighted by atomic mass is 35.5. The first kappa shape index (κ1) is 33.7. The van der Waals surface area contributed by atoms with Gasteiger partial charge in [0.25, 0.3) is 0 Å². The predicted molar refractivity (Wildman–Crippen MR) is 171 cm³/mol. The van der Waals surface area contributed by atoms with Crippen LogP contribution in [-0.2, 0) is 6.18 Å². The molecule has 0 saturated carbocycles. The van der Waals surface area contributed by atoms with E-state index < -0.39 is 28.6 Å². The molecular weight excluding hydrogens is 642 g/mol. The van der Waals surface area contributed by atoms with Crippen molar-refractivity contribution in [3.8, 4) is 23.0 Å². The number of carbonyl (C=O) groups excluding carboxylic acids is 1. The summed E-state index contributed by atoms with van der Waals surface area (Å²) in [7, 11) is 1.53. The van der Waals surface area contributed by atoms with Crippen LogP contribution >= 0.6 is 11.6 Å². The SMILES string of the molecule is COc1cc2c(Oc3ccc(C=NN(C(N)=O)c4ccc(Cl)c(C(F)(F)F)c4)cc3F)ccnc2cc1OCCCN1CCCCC1. The number of carbonyl (C=O) groups is 1. The number of amides is 2. The molecule has 4 aromatic rings. The minimum absolute atomic E-state index is 0.120. The van der Waals surface area contributed by atoms with Crippen LogP contribution in [0.3, 0.4) is 0 Å². The van der Waals surface area contributed by atoms with Crippen molar-refractivity contribution < 1.29 is 36.6 Å². The fourth-order valence-corrected chi connectivity index (χ4v) is 5.40. The van der Waals surface area contributed by atoms with Crippen LogP contribution < -0.4 is 25.0 Å². The maximum Gasteiger partial charge on any atom is 0.417 e. The van der Waals surface area contributed by atoms with E-state index in [1.807, 2.05) is 0 Å². The Morgan fingerprint density at radius 1 is 1.04 bits per heavy atom. The van der Waals surface area contributed by atoms with Crippen molar-refractivity contribution in [3.63, 3.8) is 0 Å². The molecule has 1 aliphatic rings. The molecule has 14 heteroatoms. The molecule has 9 nitrogen and oxygen atoms in total. The Morgan fingerprint density at radius 3 is 2.53 bits per heavy atom. The molecule has 1 aromatic heterocycles. The number of hydrogen-bond acceptors (Lipinski definition) is 7. The highest BCUT2D eigenvalue weighted by Crippen LogP contribution is 2.39. The summed E-state index contributed by atoms with van der Waals surface area (Å²) in [4.78, 5) is 18.9. The number of pyridine rings is 1. The van der Waals surface area contributed by atoms with Crippen molar-refractivity contribution in [2.75, 3.05) is 38.4 Å². The normalized spacial score (nSPS) is 14.0. The van der Waals surface area contributed by atoms with Gasteiger partial charge in [0, 0.05) is 24.2 Å². The highest BCUT2D eigenvalue weighted by Gasteiger charge is 2.34. The quantitative estimate of drug-likeness (QED) is 0.0749. The van der Waals surface area contributed by atoms with Crippen LogP contribution in [0.1, 0.15) is 36.8 Å². The van der Waals surface area contributed by atoms with Crippen LogP contribution in [0.4, 0.5) is 28.0 Å². The van der Waals surface area contributed by atoms with Crippen LogP contribution in [0.5, 0.6) is 23.0 Å². The molecule has 1 fully saturated rings. The first-order valence-electron chi connectivity index (χ1n) is 14.8. The van der Waals surface area contributed by atoms with Crippen LogP contribution in [-0.4, -0.2) is 55.5 Å². The summed E-state index contributed by atoms with van der Waals surface area (Å²) in [6.45, 7) is 3.73. The topological polar surface area (TPSA) is 103 Å². The first-order chi connectivity index (χ1) is 22.5. The molecule has 248 valence electrons. The van der Waals surface area contributed by atoms with E-state index in [0.29, 0.717) is 45.8 Å². The standard InChI is InChI=1S/C33H32ClF4N5O4/c1-45-30-18-23-27(19-31(30)46-15-5-14-42-12-3-2-4-13-42)40-11-10-28(23)47-29-9-6-21(16-26(29)35)20-41-43(32(39)44)22-7-8-25(34)24(17-22)33(36,37)38/h6-11,16-20H,2-5,12-15H2,1H3,(H2,39,44). The summed E-state index contributed by atoms with van der Waals surface area (Å²) >= 11 is 5.67. The third-order valence-electron chi connectivity index (χ3n) is 7.52. The van der Waals surface area contributed by atoms with Gasteiger partial charge >= 0.3 is 12.2 Å². The number of likely N-dealkylation sites (tertiary alicyclic amines) is 1. The molecule has 0 atom stereocenters. The predicted octanol–water partition coefficient (Wildman–Crippen LogP) is 8.02. The fourth-order valence-electron chi connectivity index (χ4n) is 5.18. The Morgan fingerprint density at radius 2 is 1.83 bits per heavy atom. The molecule has 47 heavy (non-hydrogen) atoms. The third kappa shape index (κ3) is 8.40. The molecule has 1 saturated heterocycles. The number of methoxy groups -OCH3 is 1. The molecule has 0 bridgehead atoms. The number of hydrogen-bond donors (Lipinski definition) is 1. The van der Waals surface area contributed by atoms with Gasteiger partial charge in [-0.25, -0.2) is 9.18 Å². The lowest BCUT2D eigenvalue weighted by Crippen LogP contribution is -2.31. The molecule has 0 radical (unpaired) electrons. The second kappa shape index (κ2) is 14.9. The summed E-state index contributed by atoms with van der Waals surface area (Å²) in [6.07, 6.45) is 2.45. The molecule has 3 aromatic carbocycles. The minimum atomic E-state index is -4.77. The van der Waals surface area contributed by atoms with Gasteiger partial charge < -0.3 is 24.8 Å². The number of aromatic nitrogens is 1. The molecular formula is C33H32ClF4N5O4. The molecule has 2 N–H and O–H groups in total. The number of halogens is 5. The Kier molecular flexibility index (Phi) is 10.7. The van der Waals surface area contributed by atoms with Gasteiger partial charge in [-0.15, -0.1) is 0 Å². The fraction of sp³-hybridized carbons (Fsp3) is 0.303. The molecule has 1 aliphatic heterocycles.